The lowest BCUT2D eigenvalue weighted by Gasteiger charge is -2.23. The zero-order valence-corrected chi connectivity index (χ0v) is 27.9. The first-order valence-corrected chi connectivity index (χ1v) is 16.7. The number of hydrogen-bond acceptors (Lipinski definition) is 4. The maximum absolute atomic E-state index is 12.2. The summed E-state index contributed by atoms with van der Waals surface area (Å²) in [7, 11) is 1.42. The Morgan fingerprint density at radius 1 is 0.583 bits per heavy atom. The van der Waals surface area contributed by atoms with Crippen molar-refractivity contribution in [2.75, 3.05) is 30.0 Å². The summed E-state index contributed by atoms with van der Waals surface area (Å²) in [4.78, 5) is 17.1. The SMILES string of the molecule is COC(=O)c1ccc(N2CC(C)(C)c3c2c2ccccc2c2cc4c([o+]c32)c2c(c3ccccc34)N(c3ccccc3)CC2(C)C)cc1. The van der Waals surface area contributed by atoms with Crippen molar-refractivity contribution in [3.05, 3.63) is 126 Å². The number of benzene rings is 6. The van der Waals surface area contributed by atoms with Gasteiger partial charge in [-0.15, -0.1) is 0 Å². The molecule has 5 nitrogen and oxygen atoms in total. The van der Waals surface area contributed by atoms with Crippen LogP contribution in [-0.4, -0.2) is 26.2 Å². The van der Waals surface area contributed by atoms with E-state index in [1.165, 1.54) is 56.8 Å². The van der Waals surface area contributed by atoms with Crippen LogP contribution in [-0.2, 0) is 15.6 Å². The molecule has 1 aromatic heterocycles. The zero-order valence-electron chi connectivity index (χ0n) is 27.9. The third-order valence-corrected chi connectivity index (χ3v) is 10.5. The molecule has 0 saturated carbocycles. The van der Waals surface area contributed by atoms with E-state index in [2.05, 4.69) is 122 Å². The second kappa shape index (κ2) is 10.0. The van der Waals surface area contributed by atoms with Gasteiger partial charge in [0.2, 0.25) is 0 Å². The topological polar surface area (TPSA) is 44.1 Å². The normalized spacial score (nSPS) is 16.2. The molecular weight excluding hydrogens is 592 g/mol. The predicted molar refractivity (Wildman–Crippen MR) is 197 cm³/mol. The van der Waals surface area contributed by atoms with Gasteiger partial charge in [0.15, 0.2) is 0 Å². The molecule has 3 heterocycles. The van der Waals surface area contributed by atoms with Crippen molar-refractivity contribution in [3.63, 3.8) is 0 Å². The van der Waals surface area contributed by atoms with E-state index in [1.807, 2.05) is 24.3 Å². The van der Waals surface area contributed by atoms with Crippen LogP contribution >= 0.6 is 0 Å². The van der Waals surface area contributed by atoms with E-state index in [-0.39, 0.29) is 16.8 Å². The Kier molecular flexibility index (Phi) is 6.02. The fourth-order valence-corrected chi connectivity index (χ4v) is 8.46. The summed E-state index contributed by atoms with van der Waals surface area (Å²) in [6.45, 7) is 11.0. The largest absolute Gasteiger partial charge is 0.465 e. The van der Waals surface area contributed by atoms with Crippen molar-refractivity contribution >= 4 is 72.2 Å². The predicted octanol–water partition coefficient (Wildman–Crippen LogP) is 10.8. The third kappa shape index (κ3) is 3.97. The van der Waals surface area contributed by atoms with E-state index in [4.69, 9.17) is 9.15 Å². The minimum atomic E-state index is -0.334. The molecule has 0 N–H and O–H groups in total. The average molecular weight is 630 g/mol. The van der Waals surface area contributed by atoms with Gasteiger partial charge in [-0.05, 0) is 42.5 Å². The van der Waals surface area contributed by atoms with Crippen LogP contribution in [0.15, 0.2) is 114 Å². The smallest absolute Gasteiger partial charge is 0.367 e. The van der Waals surface area contributed by atoms with Gasteiger partial charge >= 0.3 is 17.1 Å². The van der Waals surface area contributed by atoms with Gasteiger partial charge in [0.05, 0.1) is 45.9 Å². The van der Waals surface area contributed by atoms with E-state index >= 15 is 0 Å². The number of nitrogens with zero attached hydrogens (tertiary/aromatic N) is 2. The average Bonchev–Trinajstić information content (AvgIpc) is 3.57. The molecule has 236 valence electrons. The van der Waals surface area contributed by atoms with Crippen LogP contribution in [0, 0.1) is 0 Å². The molecule has 0 bridgehead atoms. The summed E-state index contributed by atoms with van der Waals surface area (Å²) < 4.78 is 12.4. The summed E-state index contributed by atoms with van der Waals surface area (Å²) in [6, 6.07) is 38.4. The van der Waals surface area contributed by atoms with Gasteiger partial charge in [0.1, 0.15) is 0 Å². The van der Waals surface area contributed by atoms with Crippen molar-refractivity contribution < 1.29 is 13.9 Å². The van der Waals surface area contributed by atoms with Crippen molar-refractivity contribution in [1.29, 1.82) is 0 Å². The number of carbonyl (C=O) groups is 1. The number of ether oxygens (including phenoxy) is 1. The van der Waals surface area contributed by atoms with E-state index < -0.39 is 0 Å². The molecule has 0 spiro atoms. The highest BCUT2D eigenvalue weighted by atomic mass is 16.5. The van der Waals surface area contributed by atoms with Crippen molar-refractivity contribution in [2.45, 2.75) is 38.5 Å². The van der Waals surface area contributed by atoms with Crippen LogP contribution < -0.4 is 9.80 Å². The highest BCUT2D eigenvalue weighted by molar-refractivity contribution is 6.22. The summed E-state index contributed by atoms with van der Waals surface area (Å²) in [6.07, 6.45) is 0. The first-order valence-electron chi connectivity index (χ1n) is 16.7. The van der Waals surface area contributed by atoms with Gasteiger partial charge in [-0.3, -0.25) is 0 Å². The fraction of sp³-hybridized carbons (Fsp3) is 0.209. The summed E-state index contributed by atoms with van der Waals surface area (Å²) >= 11 is 0. The molecule has 0 saturated heterocycles. The lowest BCUT2D eigenvalue weighted by Crippen LogP contribution is -2.25. The summed E-state index contributed by atoms with van der Waals surface area (Å²) in [5, 5.41) is 7.09. The van der Waals surface area contributed by atoms with Crippen LogP contribution in [0.1, 0.15) is 49.2 Å². The van der Waals surface area contributed by atoms with Gasteiger partial charge in [0.25, 0.3) is 0 Å². The third-order valence-electron chi connectivity index (χ3n) is 10.5. The van der Waals surface area contributed by atoms with Gasteiger partial charge in [0, 0.05) is 56.8 Å². The van der Waals surface area contributed by atoms with Gasteiger partial charge < -0.3 is 14.5 Å². The molecule has 5 heteroatoms. The van der Waals surface area contributed by atoms with Crippen LogP contribution in [0.5, 0.6) is 0 Å². The van der Waals surface area contributed by atoms with E-state index in [1.54, 1.807) is 0 Å². The second-order valence-corrected chi connectivity index (χ2v) is 14.6. The van der Waals surface area contributed by atoms with E-state index in [9.17, 15) is 4.79 Å². The van der Waals surface area contributed by atoms with Gasteiger partial charge in [-0.25, -0.2) is 9.21 Å². The number of rotatable bonds is 3. The van der Waals surface area contributed by atoms with Crippen LogP contribution in [0.25, 0.3) is 43.5 Å². The monoisotopic (exact) mass is 629 g/mol. The number of carbonyl (C=O) groups excluding carboxylic acids is 1. The molecule has 9 rings (SSSR count). The zero-order chi connectivity index (χ0) is 32.9. The first kappa shape index (κ1) is 28.8. The Balaban J connectivity index is 1.39. The molecule has 0 atom stereocenters. The molecular formula is C43H37N2O3+. The Morgan fingerprint density at radius 2 is 1.02 bits per heavy atom. The Bertz CT molecular complexity index is 2460. The lowest BCUT2D eigenvalue weighted by atomic mass is 9.82. The first-order chi connectivity index (χ1) is 23.2. The number of anilines is 4. The second-order valence-electron chi connectivity index (χ2n) is 14.6. The molecule has 6 aromatic carbocycles. The molecule has 0 unspecified atom stereocenters. The quantitative estimate of drug-likeness (QED) is 0.0842. The van der Waals surface area contributed by atoms with Gasteiger partial charge in [-0.2, -0.15) is 0 Å². The fourth-order valence-electron chi connectivity index (χ4n) is 8.46. The maximum atomic E-state index is 12.2. The summed E-state index contributed by atoms with van der Waals surface area (Å²) in [5.74, 6) is -0.334. The summed E-state index contributed by atoms with van der Waals surface area (Å²) in [5.41, 5.74) is 9.18. The molecule has 7 aromatic rings. The Labute approximate surface area is 280 Å². The number of methoxy groups -OCH3 is 1. The molecule has 0 aliphatic carbocycles. The number of fused-ring (bicyclic) bond motifs is 12. The van der Waals surface area contributed by atoms with E-state index in [0.29, 0.717) is 5.56 Å². The van der Waals surface area contributed by atoms with Crippen molar-refractivity contribution in [1.82, 2.24) is 0 Å². The van der Waals surface area contributed by atoms with Crippen LogP contribution in [0.3, 0.4) is 0 Å². The molecule has 2 aliphatic heterocycles. The number of para-hydroxylation sites is 1. The molecule has 0 amide bonds. The van der Waals surface area contributed by atoms with Crippen LogP contribution in [0.2, 0.25) is 0 Å². The number of esters is 1. The molecule has 0 radical (unpaired) electrons. The van der Waals surface area contributed by atoms with Crippen LogP contribution in [0.4, 0.5) is 22.7 Å². The standard InChI is InChI=1S/C43H37N2O3/c1-42(2)24-44(27-13-7-6-8-14-27)37-31-17-11-9-15-29(31)33-23-34-30-16-10-12-18-32(30)38-36(40(34)48-39(33)35(37)42)43(3,4)25-45(38)28-21-19-26(20-22-28)41(46)47-5/h6-23H,24-25H2,1-5H3/q+1. The van der Waals surface area contributed by atoms with Crippen molar-refractivity contribution in [2.24, 2.45) is 0 Å². The Morgan fingerprint density at radius 3 is 1.50 bits per heavy atom. The highest BCUT2D eigenvalue weighted by Crippen LogP contribution is 2.56. The van der Waals surface area contributed by atoms with Gasteiger partial charge in [-0.1, -0.05) is 94.4 Å². The van der Waals surface area contributed by atoms with Crippen molar-refractivity contribution in [3.8, 4) is 0 Å². The molecule has 48 heavy (non-hydrogen) atoms. The minimum Gasteiger partial charge on any atom is -0.465 e. The lowest BCUT2D eigenvalue weighted by molar-refractivity contribution is 0.0600. The number of hydrogen-bond donors (Lipinski definition) is 0. The maximum Gasteiger partial charge on any atom is 0.367 e. The Hall–Kier alpha value is -5.42. The molecule has 2 aliphatic rings. The highest BCUT2D eigenvalue weighted by Gasteiger charge is 2.47. The minimum absolute atomic E-state index is 0.159. The molecule has 0 fully saturated rings. The van der Waals surface area contributed by atoms with E-state index in [0.717, 1.165) is 40.7 Å².